The Morgan fingerprint density at radius 2 is 0.909 bits per heavy atom. The molecular formula is C44H58. The van der Waals surface area contributed by atoms with Gasteiger partial charge in [-0.3, -0.25) is 0 Å². The molecule has 2 aromatic carbocycles. The summed E-state index contributed by atoms with van der Waals surface area (Å²) in [5, 5.41) is 0. The van der Waals surface area contributed by atoms with Gasteiger partial charge < -0.3 is 0 Å². The summed E-state index contributed by atoms with van der Waals surface area (Å²) in [6.07, 6.45) is 23.0. The second-order valence-corrected chi connectivity index (χ2v) is 16.7. The molecule has 0 heterocycles. The van der Waals surface area contributed by atoms with Crippen LogP contribution in [0.4, 0.5) is 0 Å². The molecule has 8 atom stereocenters. The fourth-order valence-corrected chi connectivity index (χ4v) is 9.71. The van der Waals surface area contributed by atoms with E-state index in [-0.39, 0.29) is 10.8 Å². The zero-order valence-electron chi connectivity index (χ0n) is 28.9. The van der Waals surface area contributed by atoms with E-state index in [0.29, 0.717) is 23.7 Å². The summed E-state index contributed by atoms with van der Waals surface area (Å²) in [4.78, 5) is 0. The molecule has 4 aliphatic carbocycles. The average molecular weight is 587 g/mol. The zero-order chi connectivity index (χ0) is 31.2. The van der Waals surface area contributed by atoms with E-state index in [0.717, 1.165) is 23.7 Å². The molecule has 0 saturated heterocycles. The van der Waals surface area contributed by atoms with Crippen LogP contribution in [0.15, 0.2) is 85.0 Å². The van der Waals surface area contributed by atoms with Crippen LogP contribution in [0, 0.1) is 47.3 Å². The van der Waals surface area contributed by atoms with Crippen LogP contribution in [0.2, 0.25) is 0 Å². The van der Waals surface area contributed by atoms with Crippen LogP contribution in [0.5, 0.6) is 0 Å². The van der Waals surface area contributed by atoms with E-state index in [1.54, 1.807) is 11.1 Å². The Morgan fingerprint density at radius 1 is 0.545 bits per heavy atom. The van der Waals surface area contributed by atoms with Crippen molar-refractivity contribution in [1.82, 2.24) is 0 Å². The fourth-order valence-electron chi connectivity index (χ4n) is 9.71. The highest BCUT2D eigenvalue weighted by Gasteiger charge is 2.46. The number of rotatable bonds is 7. The third-order valence-electron chi connectivity index (χ3n) is 12.3. The van der Waals surface area contributed by atoms with E-state index in [1.807, 2.05) is 0 Å². The minimum absolute atomic E-state index is 0.199. The first-order valence-corrected chi connectivity index (χ1v) is 18.0. The van der Waals surface area contributed by atoms with Gasteiger partial charge in [0.15, 0.2) is 0 Å². The molecular weight excluding hydrogens is 528 g/mol. The molecule has 8 unspecified atom stereocenters. The van der Waals surface area contributed by atoms with E-state index in [1.165, 1.54) is 60.8 Å². The van der Waals surface area contributed by atoms with Crippen LogP contribution in [-0.4, -0.2) is 0 Å². The van der Waals surface area contributed by atoms with Gasteiger partial charge in [0.2, 0.25) is 0 Å². The van der Waals surface area contributed by atoms with Gasteiger partial charge in [-0.2, -0.15) is 0 Å². The SMILES string of the molecule is CCC1CC2C(c3ccc(C(C)(C)C)cc3)=CC=CC2C1CCC1C(CC)CC2C(c3ccc(C(C)(C)C)cc3)=CC=CC21. The summed E-state index contributed by atoms with van der Waals surface area (Å²) >= 11 is 0. The Bertz CT molecular complexity index is 1300. The van der Waals surface area contributed by atoms with Crippen molar-refractivity contribution in [1.29, 1.82) is 0 Å². The highest BCUT2D eigenvalue weighted by Crippen LogP contribution is 2.56. The fraction of sp³-hybridized carbons (Fsp3) is 0.545. The monoisotopic (exact) mass is 586 g/mol. The van der Waals surface area contributed by atoms with Crippen LogP contribution in [0.1, 0.15) is 116 Å². The van der Waals surface area contributed by atoms with Crippen LogP contribution in [0.3, 0.4) is 0 Å². The summed E-state index contributed by atoms with van der Waals surface area (Å²) in [5.74, 6) is 6.02. The maximum atomic E-state index is 2.59. The Morgan fingerprint density at radius 3 is 1.23 bits per heavy atom. The Balaban J connectivity index is 1.17. The molecule has 44 heavy (non-hydrogen) atoms. The van der Waals surface area contributed by atoms with Crippen molar-refractivity contribution in [2.75, 3.05) is 0 Å². The van der Waals surface area contributed by atoms with Gasteiger partial charge in [-0.05, 0) is 117 Å². The minimum Gasteiger partial charge on any atom is -0.0805 e. The lowest BCUT2D eigenvalue weighted by molar-refractivity contribution is 0.240. The number of hydrogen-bond acceptors (Lipinski definition) is 0. The summed E-state index contributed by atoms with van der Waals surface area (Å²) in [7, 11) is 0. The molecule has 6 rings (SSSR count). The number of benzene rings is 2. The van der Waals surface area contributed by atoms with Gasteiger partial charge in [-0.1, -0.05) is 153 Å². The standard InChI is InChI=1S/C44H58/c1-9-29-27-41-35(31-17-21-33(22-18-31)43(3,4)5)13-11-15-39(41)37(29)25-26-38-30(10-2)28-42-36(14-12-16-40(38)42)32-19-23-34(24-20-32)44(6,7)8/h11-24,29-30,37-42H,9-10,25-28H2,1-8H3. The summed E-state index contributed by atoms with van der Waals surface area (Å²) in [6.45, 7) is 18.8. The smallest absolute Gasteiger partial charge is 0.00875 e. The van der Waals surface area contributed by atoms with Crippen LogP contribution < -0.4 is 0 Å². The summed E-state index contributed by atoms with van der Waals surface area (Å²) in [5.41, 5.74) is 9.33. The third-order valence-corrected chi connectivity index (χ3v) is 12.3. The molecule has 2 aromatic rings. The van der Waals surface area contributed by atoms with Gasteiger partial charge in [0.1, 0.15) is 0 Å². The predicted molar refractivity (Wildman–Crippen MR) is 191 cm³/mol. The van der Waals surface area contributed by atoms with Crippen LogP contribution >= 0.6 is 0 Å². The van der Waals surface area contributed by atoms with Gasteiger partial charge in [0, 0.05) is 0 Å². The Labute approximate surface area is 269 Å². The van der Waals surface area contributed by atoms with Crippen molar-refractivity contribution in [3.05, 3.63) is 107 Å². The maximum Gasteiger partial charge on any atom is -0.00875 e. The molecule has 0 radical (unpaired) electrons. The number of hydrogen-bond donors (Lipinski definition) is 0. The first kappa shape index (κ1) is 31.4. The quantitative estimate of drug-likeness (QED) is 0.303. The molecule has 2 fully saturated rings. The van der Waals surface area contributed by atoms with Gasteiger partial charge in [-0.25, -0.2) is 0 Å². The lowest BCUT2D eigenvalue weighted by Crippen LogP contribution is -2.23. The second-order valence-electron chi connectivity index (χ2n) is 16.7. The van der Waals surface area contributed by atoms with Gasteiger partial charge >= 0.3 is 0 Å². The van der Waals surface area contributed by atoms with Gasteiger partial charge in [0.05, 0.1) is 0 Å². The molecule has 4 aliphatic rings. The van der Waals surface area contributed by atoms with E-state index < -0.39 is 0 Å². The highest BCUT2D eigenvalue weighted by atomic mass is 14.5. The number of fused-ring (bicyclic) bond motifs is 2. The lowest BCUT2D eigenvalue weighted by atomic mass is 9.73. The maximum absolute atomic E-state index is 2.59. The van der Waals surface area contributed by atoms with E-state index >= 15 is 0 Å². The molecule has 234 valence electrons. The molecule has 0 heteroatoms. The molecule has 0 bridgehead atoms. The van der Waals surface area contributed by atoms with Gasteiger partial charge in [0.25, 0.3) is 0 Å². The molecule has 2 saturated carbocycles. The normalized spacial score (nSPS) is 31.5. The molecule has 0 aliphatic heterocycles. The lowest BCUT2D eigenvalue weighted by Gasteiger charge is -2.32. The van der Waals surface area contributed by atoms with E-state index in [4.69, 9.17) is 0 Å². The van der Waals surface area contributed by atoms with Crippen molar-refractivity contribution in [3.63, 3.8) is 0 Å². The van der Waals surface area contributed by atoms with E-state index in [9.17, 15) is 0 Å². The average Bonchev–Trinajstić information content (AvgIpc) is 3.56. The topological polar surface area (TPSA) is 0 Å². The van der Waals surface area contributed by atoms with Crippen LogP contribution in [-0.2, 0) is 10.8 Å². The molecule has 0 amide bonds. The minimum atomic E-state index is 0.199. The molecule has 0 N–H and O–H groups in total. The van der Waals surface area contributed by atoms with Crippen LogP contribution in [0.25, 0.3) is 11.1 Å². The first-order valence-electron chi connectivity index (χ1n) is 18.0. The zero-order valence-corrected chi connectivity index (χ0v) is 28.9. The predicted octanol–water partition coefficient (Wildman–Crippen LogP) is 12.2. The number of allylic oxidation sites excluding steroid dienone is 8. The van der Waals surface area contributed by atoms with E-state index in [2.05, 4.69) is 140 Å². The van der Waals surface area contributed by atoms with Crippen molar-refractivity contribution >= 4 is 11.1 Å². The molecule has 0 aromatic heterocycles. The Hall–Kier alpha value is -2.60. The first-order chi connectivity index (χ1) is 21.0. The highest BCUT2D eigenvalue weighted by molar-refractivity contribution is 5.72. The van der Waals surface area contributed by atoms with Crippen molar-refractivity contribution in [2.24, 2.45) is 47.3 Å². The summed E-state index contributed by atoms with van der Waals surface area (Å²) < 4.78 is 0. The van der Waals surface area contributed by atoms with Crippen molar-refractivity contribution < 1.29 is 0 Å². The van der Waals surface area contributed by atoms with Crippen molar-refractivity contribution in [3.8, 4) is 0 Å². The van der Waals surface area contributed by atoms with Gasteiger partial charge in [-0.15, -0.1) is 0 Å². The van der Waals surface area contributed by atoms with Crippen molar-refractivity contribution in [2.45, 2.75) is 105 Å². The second kappa shape index (κ2) is 12.3. The Kier molecular flexibility index (Phi) is 8.78. The summed E-state index contributed by atoms with van der Waals surface area (Å²) in [6, 6.07) is 19.1. The molecule has 0 spiro atoms. The molecule has 0 nitrogen and oxygen atoms in total. The largest absolute Gasteiger partial charge is 0.0805 e. The third kappa shape index (κ3) is 6.00.